The summed E-state index contributed by atoms with van der Waals surface area (Å²) >= 11 is 3.18. The molecule has 2 aromatic rings. The Morgan fingerprint density at radius 3 is 2.31 bits per heavy atom. The molecule has 5 nitrogen and oxygen atoms in total. The van der Waals surface area contributed by atoms with Crippen LogP contribution in [0.5, 0.6) is 0 Å². The number of nitrogens with one attached hydrogen (secondary N) is 2. The Morgan fingerprint density at radius 2 is 1.73 bits per heavy atom. The summed E-state index contributed by atoms with van der Waals surface area (Å²) in [6.45, 7) is 1.29. The second kappa shape index (κ2) is 7.77. The molecule has 26 heavy (non-hydrogen) atoms. The molecule has 2 rings (SSSR count). The molecule has 0 heterocycles. The van der Waals surface area contributed by atoms with Gasteiger partial charge in [0.1, 0.15) is 0 Å². The first-order valence-corrected chi connectivity index (χ1v) is 9.53. The molecule has 0 fully saturated rings. The number of rotatable bonds is 5. The second-order valence-electron chi connectivity index (χ2n) is 5.36. The molecular formula is C16H14BrF3N2O3S. The SMILES string of the molecule is C[C@@H](NS(=O)(=O)c1ccc(Br)cc1)C(=O)Nc1cccc(C(F)(F)F)c1. The molecule has 0 saturated carbocycles. The average Bonchev–Trinajstić information content (AvgIpc) is 2.54. The third kappa shape index (κ3) is 5.29. The van der Waals surface area contributed by atoms with Crippen molar-refractivity contribution in [1.29, 1.82) is 0 Å². The molecule has 0 aliphatic carbocycles. The zero-order chi connectivity index (χ0) is 19.5. The molecule has 1 atom stereocenters. The van der Waals surface area contributed by atoms with Gasteiger partial charge in [0.25, 0.3) is 0 Å². The number of benzene rings is 2. The van der Waals surface area contributed by atoms with Crippen molar-refractivity contribution >= 4 is 37.5 Å². The van der Waals surface area contributed by atoms with E-state index in [4.69, 9.17) is 0 Å². The van der Waals surface area contributed by atoms with Gasteiger partial charge in [-0.25, -0.2) is 8.42 Å². The molecule has 2 aromatic carbocycles. The standard InChI is InChI=1S/C16H14BrF3N2O3S/c1-10(22-26(24,25)14-7-5-12(17)6-8-14)15(23)21-13-4-2-3-11(9-13)16(18,19)20/h2-10,22H,1H3,(H,21,23)/t10-/m1/s1. The maximum Gasteiger partial charge on any atom is 0.416 e. The second-order valence-corrected chi connectivity index (χ2v) is 7.99. The summed E-state index contributed by atoms with van der Waals surface area (Å²) in [5.74, 6) is -0.787. The molecule has 0 spiro atoms. The first-order valence-electron chi connectivity index (χ1n) is 7.25. The van der Waals surface area contributed by atoms with Gasteiger partial charge in [-0.2, -0.15) is 17.9 Å². The van der Waals surface area contributed by atoms with Gasteiger partial charge in [-0.15, -0.1) is 0 Å². The molecule has 0 saturated heterocycles. The smallest absolute Gasteiger partial charge is 0.325 e. The first kappa shape index (κ1) is 20.4. The van der Waals surface area contributed by atoms with Gasteiger partial charge in [0, 0.05) is 10.2 Å². The lowest BCUT2D eigenvalue weighted by molar-refractivity contribution is -0.137. The lowest BCUT2D eigenvalue weighted by Gasteiger charge is -2.15. The minimum absolute atomic E-state index is 0.0422. The van der Waals surface area contributed by atoms with Gasteiger partial charge in [-0.3, -0.25) is 4.79 Å². The van der Waals surface area contributed by atoms with E-state index in [-0.39, 0.29) is 10.6 Å². The van der Waals surface area contributed by atoms with Crippen molar-refractivity contribution in [3.05, 3.63) is 58.6 Å². The molecule has 0 unspecified atom stereocenters. The van der Waals surface area contributed by atoms with Gasteiger partial charge in [-0.05, 0) is 49.4 Å². The van der Waals surface area contributed by atoms with Crippen molar-refractivity contribution in [3.63, 3.8) is 0 Å². The number of amides is 1. The highest BCUT2D eigenvalue weighted by Crippen LogP contribution is 2.30. The van der Waals surface area contributed by atoms with Crippen LogP contribution in [-0.4, -0.2) is 20.4 Å². The third-order valence-electron chi connectivity index (χ3n) is 3.31. The van der Waals surface area contributed by atoms with Crippen LogP contribution in [0.2, 0.25) is 0 Å². The van der Waals surface area contributed by atoms with E-state index in [1.54, 1.807) is 0 Å². The lowest BCUT2D eigenvalue weighted by Crippen LogP contribution is -2.41. The maximum atomic E-state index is 12.7. The number of carbonyl (C=O) groups is 1. The largest absolute Gasteiger partial charge is 0.416 e. The van der Waals surface area contributed by atoms with E-state index in [9.17, 15) is 26.4 Å². The van der Waals surface area contributed by atoms with Crippen molar-refractivity contribution in [2.75, 3.05) is 5.32 Å². The molecule has 1 amide bonds. The van der Waals surface area contributed by atoms with Crippen LogP contribution >= 0.6 is 15.9 Å². The number of sulfonamides is 1. The average molecular weight is 451 g/mol. The van der Waals surface area contributed by atoms with Crippen LogP contribution in [-0.2, 0) is 21.0 Å². The summed E-state index contributed by atoms with van der Waals surface area (Å²) in [5, 5.41) is 2.26. The lowest BCUT2D eigenvalue weighted by atomic mass is 10.2. The van der Waals surface area contributed by atoms with E-state index in [0.717, 1.165) is 18.2 Å². The predicted octanol–water partition coefficient (Wildman–Crippen LogP) is 3.77. The van der Waals surface area contributed by atoms with E-state index < -0.39 is 33.7 Å². The van der Waals surface area contributed by atoms with Crippen molar-refractivity contribution in [3.8, 4) is 0 Å². The summed E-state index contributed by atoms with van der Waals surface area (Å²) in [5.41, 5.74) is -1.00. The zero-order valence-corrected chi connectivity index (χ0v) is 15.7. The van der Waals surface area contributed by atoms with Crippen molar-refractivity contribution in [1.82, 2.24) is 4.72 Å². The maximum absolute atomic E-state index is 12.7. The van der Waals surface area contributed by atoms with Gasteiger partial charge in [-0.1, -0.05) is 22.0 Å². The van der Waals surface area contributed by atoms with E-state index >= 15 is 0 Å². The molecule has 140 valence electrons. The van der Waals surface area contributed by atoms with Gasteiger partial charge in [0.15, 0.2) is 0 Å². The fourth-order valence-electron chi connectivity index (χ4n) is 1.99. The van der Waals surface area contributed by atoms with Crippen LogP contribution in [0.4, 0.5) is 18.9 Å². The molecule has 0 radical (unpaired) electrons. The topological polar surface area (TPSA) is 75.3 Å². The van der Waals surface area contributed by atoms with Crippen LogP contribution in [0, 0.1) is 0 Å². The summed E-state index contributed by atoms with van der Waals surface area (Å²) in [7, 11) is -3.96. The molecule has 10 heteroatoms. The minimum atomic E-state index is -4.55. The van der Waals surface area contributed by atoms with Crippen molar-refractivity contribution < 1.29 is 26.4 Å². The van der Waals surface area contributed by atoms with Crippen LogP contribution in [0.3, 0.4) is 0 Å². The Morgan fingerprint density at radius 1 is 1.12 bits per heavy atom. The van der Waals surface area contributed by atoms with Crippen LogP contribution in [0.15, 0.2) is 57.9 Å². The zero-order valence-electron chi connectivity index (χ0n) is 13.3. The number of anilines is 1. The Bertz CT molecular complexity index is 900. The van der Waals surface area contributed by atoms with Crippen molar-refractivity contribution in [2.24, 2.45) is 0 Å². The summed E-state index contributed by atoms with van der Waals surface area (Å²) in [6.07, 6.45) is -4.55. The Kier molecular flexibility index (Phi) is 6.09. The number of carbonyl (C=O) groups excluding carboxylic acids is 1. The van der Waals surface area contributed by atoms with Crippen LogP contribution in [0.1, 0.15) is 12.5 Å². The van der Waals surface area contributed by atoms with Crippen molar-refractivity contribution in [2.45, 2.75) is 24.0 Å². The highest BCUT2D eigenvalue weighted by molar-refractivity contribution is 9.10. The quantitative estimate of drug-likeness (QED) is 0.727. The van der Waals surface area contributed by atoms with E-state index in [0.29, 0.717) is 4.47 Å². The van der Waals surface area contributed by atoms with Crippen LogP contribution in [0.25, 0.3) is 0 Å². The minimum Gasteiger partial charge on any atom is -0.325 e. The van der Waals surface area contributed by atoms with Gasteiger partial charge in [0.2, 0.25) is 15.9 Å². The number of hydrogen-bond donors (Lipinski definition) is 2. The van der Waals surface area contributed by atoms with Gasteiger partial charge in [0.05, 0.1) is 16.5 Å². The molecule has 2 N–H and O–H groups in total. The highest BCUT2D eigenvalue weighted by Gasteiger charge is 2.30. The molecule has 0 aromatic heterocycles. The molecule has 0 aliphatic heterocycles. The Labute approximate surface area is 156 Å². The molecule has 0 aliphatic rings. The third-order valence-corrected chi connectivity index (χ3v) is 5.39. The summed E-state index contributed by atoms with van der Waals surface area (Å²) in [6, 6.07) is 8.64. The monoisotopic (exact) mass is 450 g/mol. The van der Waals surface area contributed by atoms with E-state index in [1.165, 1.54) is 37.3 Å². The van der Waals surface area contributed by atoms with E-state index in [2.05, 4.69) is 26.0 Å². The predicted molar refractivity (Wildman–Crippen MR) is 94.0 cm³/mol. The van der Waals surface area contributed by atoms with Gasteiger partial charge < -0.3 is 5.32 Å². The number of halogens is 4. The first-order chi connectivity index (χ1) is 12.0. The summed E-state index contributed by atoms with van der Waals surface area (Å²) < 4.78 is 65.4. The normalized spacial score (nSPS) is 13.3. The summed E-state index contributed by atoms with van der Waals surface area (Å²) in [4.78, 5) is 12.1. The van der Waals surface area contributed by atoms with Gasteiger partial charge >= 0.3 is 6.18 Å². The number of alkyl halides is 3. The fourth-order valence-corrected chi connectivity index (χ4v) is 3.46. The highest BCUT2D eigenvalue weighted by atomic mass is 79.9. The number of hydrogen-bond acceptors (Lipinski definition) is 3. The van der Waals surface area contributed by atoms with E-state index in [1.807, 2.05) is 0 Å². The molecule has 0 bridgehead atoms. The Hall–Kier alpha value is -1.91. The molecular weight excluding hydrogens is 437 g/mol. The fraction of sp³-hybridized carbons (Fsp3) is 0.188. The Balaban J connectivity index is 2.09. The van der Waals surface area contributed by atoms with Crippen LogP contribution < -0.4 is 10.0 Å².